The fourth-order valence-corrected chi connectivity index (χ4v) is 11.5. The van der Waals surface area contributed by atoms with Gasteiger partial charge >= 0.3 is 5.97 Å². The standard InChI is InChI=1S/C30H50O5/c1-24(2)12-9-13-29(8,35-24)18-10-14-28(7)22(18)19(31)16-21-26(5)17-30(34,23(32)33)25(3,4)20(26)11-15-27(21,28)6/h18-22,31,34H,9-17H2,1-8H3,(H,32,33)/t18-,19+,20?,21?,22?,26-,27+,28+,29+,30-/m0/s1. The number of aliphatic hydroxyl groups is 2. The molecule has 0 amide bonds. The minimum Gasteiger partial charge on any atom is -0.479 e. The molecule has 0 aromatic rings. The second-order valence-electron chi connectivity index (χ2n) is 15.6. The molecule has 3 unspecified atom stereocenters. The summed E-state index contributed by atoms with van der Waals surface area (Å²) >= 11 is 0. The average Bonchev–Trinajstić information content (AvgIpc) is 3.16. The third kappa shape index (κ3) is 3.07. The Morgan fingerprint density at radius 1 is 0.857 bits per heavy atom. The predicted octanol–water partition coefficient (Wildman–Crippen LogP) is 5.81. The van der Waals surface area contributed by atoms with Gasteiger partial charge in [-0.2, -0.15) is 0 Å². The molecule has 5 aliphatic rings. The van der Waals surface area contributed by atoms with Gasteiger partial charge in [0.2, 0.25) is 0 Å². The van der Waals surface area contributed by atoms with Crippen LogP contribution in [0.2, 0.25) is 0 Å². The molecule has 1 aliphatic heterocycles. The van der Waals surface area contributed by atoms with Gasteiger partial charge in [0, 0.05) is 5.41 Å². The van der Waals surface area contributed by atoms with E-state index < -0.39 is 23.1 Å². The molecule has 1 heterocycles. The maximum absolute atomic E-state index is 12.4. The van der Waals surface area contributed by atoms with Gasteiger partial charge in [-0.15, -0.1) is 0 Å². The first-order valence-electron chi connectivity index (χ1n) is 14.2. The summed E-state index contributed by atoms with van der Waals surface area (Å²) in [5, 5.41) is 33.5. The lowest BCUT2D eigenvalue weighted by atomic mass is 9.38. The van der Waals surface area contributed by atoms with Crippen LogP contribution in [0.3, 0.4) is 0 Å². The number of ether oxygens (including phenoxy) is 1. The molecule has 5 heteroatoms. The SMILES string of the molecule is CC1(C)CCC[C@](C)([C@H]2CC[C@]3(C)C2[C@H](O)CC2[C@@]4(C)C[C@](O)(C(=O)O)C(C)(C)C4CC[C@]23C)O1. The highest BCUT2D eigenvalue weighted by Gasteiger charge is 2.76. The van der Waals surface area contributed by atoms with E-state index in [1.807, 2.05) is 13.8 Å². The molecule has 5 fully saturated rings. The molecular formula is C30H50O5. The van der Waals surface area contributed by atoms with E-state index in [2.05, 4.69) is 41.5 Å². The van der Waals surface area contributed by atoms with Crippen molar-refractivity contribution in [1.82, 2.24) is 0 Å². The molecule has 4 aliphatic carbocycles. The summed E-state index contributed by atoms with van der Waals surface area (Å²) in [5.74, 6) is -0.255. The highest BCUT2D eigenvalue weighted by atomic mass is 16.5. The van der Waals surface area contributed by atoms with Crippen molar-refractivity contribution in [2.24, 2.45) is 45.3 Å². The van der Waals surface area contributed by atoms with Crippen LogP contribution in [-0.2, 0) is 9.53 Å². The van der Waals surface area contributed by atoms with Crippen LogP contribution in [0, 0.1) is 45.3 Å². The second-order valence-corrected chi connectivity index (χ2v) is 15.6. The topological polar surface area (TPSA) is 87.0 Å². The average molecular weight is 491 g/mol. The van der Waals surface area contributed by atoms with Gasteiger partial charge in [-0.3, -0.25) is 0 Å². The summed E-state index contributed by atoms with van der Waals surface area (Å²) in [5.41, 5.74) is -3.12. The van der Waals surface area contributed by atoms with Crippen LogP contribution in [-0.4, -0.2) is 44.2 Å². The molecule has 0 radical (unpaired) electrons. The largest absolute Gasteiger partial charge is 0.479 e. The van der Waals surface area contributed by atoms with Gasteiger partial charge in [0.1, 0.15) is 0 Å². The lowest BCUT2D eigenvalue weighted by Gasteiger charge is -2.67. The molecule has 10 atom stereocenters. The van der Waals surface area contributed by atoms with Crippen molar-refractivity contribution in [3.63, 3.8) is 0 Å². The van der Waals surface area contributed by atoms with Crippen LogP contribution in [0.5, 0.6) is 0 Å². The summed E-state index contributed by atoms with van der Waals surface area (Å²) in [6.07, 6.45) is 8.00. The number of rotatable bonds is 2. The predicted molar refractivity (Wildman–Crippen MR) is 136 cm³/mol. The van der Waals surface area contributed by atoms with Gasteiger partial charge in [-0.25, -0.2) is 4.79 Å². The van der Waals surface area contributed by atoms with Gasteiger partial charge in [-0.05, 0) is 118 Å². The van der Waals surface area contributed by atoms with Gasteiger partial charge in [0.05, 0.1) is 17.3 Å². The number of fused-ring (bicyclic) bond motifs is 5. The molecule has 1 saturated heterocycles. The van der Waals surface area contributed by atoms with Crippen molar-refractivity contribution in [3.8, 4) is 0 Å². The van der Waals surface area contributed by atoms with E-state index in [0.29, 0.717) is 12.3 Å². The van der Waals surface area contributed by atoms with Crippen molar-refractivity contribution in [2.45, 2.75) is 136 Å². The van der Waals surface area contributed by atoms with E-state index in [4.69, 9.17) is 4.74 Å². The maximum Gasteiger partial charge on any atom is 0.336 e. The summed E-state index contributed by atoms with van der Waals surface area (Å²) < 4.78 is 6.82. The van der Waals surface area contributed by atoms with Crippen LogP contribution in [0.4, 0.5) is 0 Å². The summed E-state index contributed by atoms with van der Waals surface area (Å²) in [6.45, 7) is 17.7. The van der Waals surface area contributed by atoms with Crippen LogP contribution in [0.15, 0.2) is 0 Å². The number of carboxylic acids is 1. The quantitative estimate of drug-likeness (QED) is 0.455. The fraction of sp³-hybridized carbons (Fsp3) is 0.967. The Kier molecular flexibility index (Phi) is 5.39. The zero-order chi connectivity index (χ0) is 26.0. The molecule has 0 bridgehead atoms. The van der Waals surface area contributed by atoms with Crippen LogP contribution in [0.1, 0.15) is 113 Å². The number of aliphatic carboxylic acids is 1. The molecule has 5 rings (SSSR count). The van der Waals surface area contributed by atoms with E-state index >= 15 is 0 Å². The lowest BCUT2D eigenvalue weighted by Crippen LogP contribution is -2.64. The van der Waals surface area contributed by atoms with Gasteiger partial charge in [-0.1, -0.05) is 34.6 Å². The van der Waals surface area contributed by atoms with E-state index in [1.54, 1.807) is 0 Å². The highest BCUT2D eigenvalue weighted by Crippen LogP contribution is 2.78. The van der Waals surface area contributed by atoms with Gasteiger partial charge in [0.15, 0.2) is 5.60 Å². The van der Waals surface area contributed by atoms with Crippen molar-refractivity contribution < 1.29 is 24.9 Å². The maximum atomic E-state index is 12.4. The lowest BCUT2D eigenvalue weighted by molar-refractivity contribution is -0.239. The number of hydrogen-bond donors (Lipinski definition) is 3. The molecule has 0 aromatic carbocycles. The molecule has 35 heavy (non-hydrogen) atoms. The smallest absolute Gasteiger partial charge is 0.336 e. The van der Waals surface area contributed by atoms with Crippen molar-refractivity contribution in [3.05, 3.63) is 0 Å². The van der Waals surface area contributed by atoms with E-state index in [1.165, 1.54) is 6.42 Å². The summed E-state index contributed by atoms with van der Waals surface area (Å²) in [4.78, 5) is 12.4. The third-order valence-corrected chi connectivity index (χ3v) is 13.3. The number of aliphatic hydroxyl groups excluding tert-OH is 1. The number of carboxylic acid groups (broad SMARTS) is 1. The van der Waals surface area contributed by atoms with Crippen LogP contribution < -0.4 is 0 Å². The molecule has 3 N–H and O–H groups in total. The normalized spacial score (nSPS) is 56.7. The number of hydrogen-bond acceptors (Lipinski definition) is 4. The van der Waals surface area contributed by atoms with E-state index in [-0.39, 0.29) is 51.6 Å². The highest BCUT2D eigenvalue weighted by molar-refractivity contribution is 5.79. The first-order chi connectivity index (χ1) is 15.9. The molecule has 0 aromatic heterocycles. The molecule has 4 saturated carbocycles. The zero-order valence-electron chi connectivity index (χ0n) is 23.4. The minimum absolute atomic E-state index is 0.00270. The number of carbonyl (C=O) groups is 1. The first-order valence-corrected chi connectivity index (χ1v) is 14.2. The second kappa shape index (κ2) is 7.26. The van der Waals surface area contributed by atoms with Crippen LogP contribution >= 0.6 is 0 Å². The Hall–Kier alpha value is -0.650. The summed E-state index contributed by atoms with van der Waals surface area (Å²) in [6, 6.07) is 0. The molecule has 0 spiro atoms. The monoisotopic (exact) mass is 490 g/mol. The van der Waals surface area contributed by atoms with Crippen molar-refractivity contribution >= 4 is 5.97 Å². The zero-order valence-corrected chi connectivity index (χ0v) is 23.4. The fourth-order valence-electron chi connectivity index (χ4n) is 11.5. The Morgan fingerprint density at radius 3 is 2.09 bits per heavy atom. The Morgan fingerprint density at radius 2 is 1.49 bits per heavy atom. The van der Waals surface area contributed by atoms with E-state index in [0.717, 1.165) is 38.5 Å². The Bertz CT molecular complexity index is 912. The molecule has 200 valence electrons. The Labute approximate surface area is 212 Å². The van der Waals surface area contributed by atoms with Gasteiger partial charge in [0.25, 0.3) is 0 Å². The van der Waals surface area contributed by atoms with Crippen molar-refractivity contribution in [1.29, 1.82) is 0 Å². The summed E-state index contributed by atoms with van der Waals surface area (Å²) in [7, 11) is 0. The molecule has 5 nitrogen and oxygen atoms in total. The molecular weight excluding hydrogens is 440 g/mol. The first kappa shape index (κ1) is 26.0. The third-order valence-electron chi connectivity index (χ3n) is 13.3. The minimum atomic E-state index is -1.73. The van der Waals surface area contributed by atoms with Crippen molar-refractivity contribution in [2.75, 3.05) is 0 Å². The van der Waals surface area contributed by atoms with Gasteiger partial charge < -0.3 is 20.1 Å². The Balaban J connectivity index is 1.54. The van der Waals surface area contributed by atoms with Crippen LogP contribution in [0.25, 0.3) is 0 Å². The van der Waals surface area contributed by atoms with E-state index in [9.17, 15) is 20.1 Å².